The summed E-state index contributed by atoms with van der Waals surface area (Å²) in [6, 6.07) is 0. The lowest BCUT2D eigenvalue weighted by Crippen LogP contribution is -2.30. The van der Waals surface area contributed by atoms with Crippen molar-refractivity contribution in [3.05, 3.63) is 36.5 Å². The van der Waals surface area contributed by atoms with Crippen molar-refractivity contribution in [1.82, 2.24) is 0 Å². The molecular formula is C46H82O6. The summed E-state index contributed by atoms with van der Waals surface area (Å²) >= 11 is 0. The van der Waals surface area contributed by atoms with E-state index in [1.807, 2.05) is 0 Å². The van der Waals surface area contributed by atoms with Crippen LogP contribution in [0.15, 0.2) is 36.5 Å². The topological polar surface area (TPSA) is 78.9 Å². The van der Waals surface area contributed by atoms with Crippen LogP contribution in [0.3, 0.4) is 0 Å². The predicted octanol–water partition coefficient (Wildman–Crippen LogP) is 13.8. The van der Waals surface area contributed by atoms with Crippen LogP contribution in [-0.4, -0.2) is 37.2 Å². The fourth-order valence-electron chi connectivity index (χ4n) is 6.06. The fourth-order valence-corrected chi connectivity index (χ4v) is 6.06. The van der Waals surface area contributed by atoms with Crippen molar-refractivity contribution < 1.29 is 28.6 Å². The van der Waals surface area contributed by atoms with Gasteiger partial charge < -0.3 is 14.2 Å². The number of hydrogen-bond donors (Lipinski definition) is 0. The Balaban J connectivity index is 4.33. The molecule has 0 fully saturated rings. The molecule has 0 N–H and O–H groups in total. The van der Waals surface area contributed by atoms with Crippen LogP contribution in [0, 0.1) is 0 Å². The van der Waals surface area contributed by atoms with Gasteiger partial charge in [0.1, 0.15) is 13.2 Å². The van der Waals surface area contributed by atoms with Gasteiger partial charge in [0, 0.05) is 19.3 Å². The molecule has 0 amide bonds. The maximum atomic E-state index is 12.6. The highest BCUT2D eigenvalue weighted by Gasteiger charge is 2.19. The van der Waals surface area contributed by atoms with Gasteiger partial charge in [-0.25, -0.2) is 0 Å². The van der Waals surface area contributed by atoms with E-state index in [1.54, 1.807) is 0 Å². The highest BCUT2D eigenvalue weighted by atomic mass is 16.6. The molecule has 1 unspecified atom stereocenters. The van der Waals surface area contributed by atoms with Gasteiger partial charge in [-0.05, 0) is 70.6 Å². The van der Waals surface area contributed by atoms with Gasteiger partial charge in [-0.3, -0.25) is 14.4 Å². The lowest BCUT2D eigenvalue weighted by atomic mass is 10.1. The standard InChI is InChI=1S/C46H82O6/c1-4-7-10-13-16-19-20-21-22-23-24-25-28-30-33-36-39-45(48)51-42-43(52-46(49)40-37-34-31-27-18-15-12-9-6-3)41-50-44(47)38-35-32-29-26-17-14-11-8-5-2/h9,12,18,22-23,27,43H,4-8,10-11,13-17,19-21,24-26,28-42H2,1-3H3/b12-9-,23-22-,27-18-. The zero-order chi connectivity index (χ0) is 38.0. The van der Waals surface area contributed by atoms with Crippen molar-refractivity contribution in [1.29, 1.82) is 0 Å². The second kappa shape index (κ2) is 41.4. The molecule has 1 atom stereocenters. The van der Waals surface area contributed by atoms with Gasteiger partial charge in [0.15, 0.2) is 6.10 Å². The highest BCUT2D eigenvalue weighted by Crippen LogP contribution is 2.13. The predicted molar refractivity (Wildman–Crippen MR) is 219 cm³/mol. The summed E-state index contributed by atoms with van der Waals surface area (Å²) in [5.74, 6) is -0.936. The quantitative estimate of drug-likeness (QED) is 0.0271. The first-order valence-corrected chi connectivity index (χ1v) is 22.0. The van der Waals surface area contributed by atoms with Crippen molar-refractivity contribution in [2.75, 3.05) is 13.2 Å². The van der Waals surface area contributed by atoms with Crippen LogP contribution in [0.1, 0.15) is 220 Å². The first-order valence-electron chi connectivity index (χ1n) is 22.0. The van der Waals surface area contributed by atoms with Crippen LogP contribution in [0.25, 0.3) is 0 Å². The van der Waals surface area contributed by atoms with E-state index in [-0.39, 0.29) is 37.5 Å². The minimum Gasteiger partial charge on any atom is -0.462 e. The van der Waals surface area contributed by atoms with E-state index in [9.17, 15) is 14.4 Å². The number of hydrogen-bond acceptors (Lipinski definition) is 6. The molecule has 0 radical (unpaired) electrons. The molecule has 0 aliphatic rings. The molecule has 6 heteroatoms. The number of carbonyl (C=O) groups is 3. The van der Waals surface area contributed by atoms with E-state index in [1.165, 1.54) is 103 Å². The summed E-state index contributed by atoms with van der Waals surface area (Å²) in [4.78, 5) is 37.5. The average molecular weight is 731 g/mol. The van der Waals surface area contributed by atoms with E-state index in [2.05, 4.69) is 57.2 Å². The van der Waals surface area contributed by atoms with Gasteiger partial charge in [0.25, 0.3) is 0 Å². The van der Waals surface area contributed by atoms with Crippen LogP contribution in [-0.2, 0) is 28.6 Å². The molecule has 302 valence electrons. The van der Waals surface area contributed by atoms with Crippen LogP contribution >= 0.6 is 0 Å². The van der Waals surface area contributed by atoms with Crippen molar-refractivity contribution in [2.45, 2.75) is 226 Å². The van der Waals surface area contributed by atoms with E-state index in [0.717, 1.165) is 70.6 Å². The third-order valence-electron chi connectivity index (χ3n) is 9.38. The highest BCUT2D eigenvalue weighted by molar-refractivity contribution is 5.71. The smallest absolute Gasteiger partial charge is 0.306 e. The molecule has 52 heavy (non-hydrogen) atoms. The summed E-state index contributed by atoms with van der Waals surface area (Å²) in [7, 11) is 0. The second-order valence-corrected chi connectivity index (χ2v) is 14.6. The molecule has 0 aliphatic heterocycles. The summed E-state index contributed by atoms with van der Waals surface area (Å²) in [5.41, 5.74) is 0. The summed E-state index contributed by atoms with van der Waals surface area (Å²) in [5, 5.41) is 0. The molecule has 0 heterocycles. The minimum absolute atomic E-state index is 0.0865. The Morgan fingerprint density at radius 1 is 0.404 bits per heavy atom. The molecule has 0 saturated carbocycles. The Kier molecular flexibility index (Phi) is 39.5. The van der Waals surface area contributed by atoms with Crippen molar-refractivity contribution in [2.24, 2.45) is 0 Å². The molecular weight excluding hydrogens is 649 g/mol. The summed E-state index contributed by atoms with van der Waals surface area (Å²) in [6.07, 6.45) is 45.7. The average Bonchev–Trinajstić information content (AvgIpc) is 3.14. The van der Waals surface area contributed by atoms with Crippen LogP contribution in [0.2, 0.25) is 0 Å². The molecule has 0 saturated heterocycles. The van der Waals surface area contributed by atoms with Gasteiger partial charge in [-0.15, -0.1) is 0 Å². The largest absolute Gasteiger partial charge is 0.462 e. The number of esters is 3. The van der Waals surface area contributed by atoms with Crippen LogP contribution in [0.5, 0.6) is 0 Å². The summed E-state index contributed by atoms with van der Waals surface area (Å²) < 4.78 is 16.6. The van der Waals surface area contributed by atoms with Gasteiger partial charge >= 0.3 is 17.9 Å². The first-order chi connectivity index (χ1) is 25.5. The maximum Gasteiger partial charge on any atom is 0.306 e. The number of unbranched alkanes of at least 4 members (excludes halogenated alkanes) is 22. The first kappa shape index (κ1) is 49.6. The Hall–Kier alpha value is -2.37. The zero-order valence-corrected chi connectivity index (χ0v) is 34.3. The fraction of sp³-hybridized carbons (Fsp3) is 0.804. The van der Waals surface area contributed by atoms with Gasteiger partial charge in [0.05, 0.1) is 0 Å². The zero-order valence-electron chi connectivity index (χ0n) is 34.3. The number of allylic oxidation sites excluding steroid dienone is 6. The Morgan fingerprint density at radius 2 is 0.750 bits per heavy atom. The van der Waals surface area contributed by atoms with Crippen molar-refractivity contribution in [3.8, 4) is 0 Å². The number of rotatable bonds is 39. The van der Waals surface area contributed by atoms with E-state index in [4.69, 9.17) is 14.2 Å². The van der Waals surface area contributed by atoms with Gasteiger partial charge in [-0.2, -0.15) is 0 Å². The van der Waals surface area contributed by atoms with E-state index >= 15 is 0 Å². The van der Waals surface area contributed by atoms with Crippen molar-refractivity contribution >= 4 is 17.9 Å². The molecule has 0 rings (SSSR count). The molecule has 0 aromatic carbocycles. The third kappa shape index (κ3) is 38.9. The molecule has 6 nitrogen and oxygen atoms in total. The Labute approximate surface area is 321 Å². The van der Waals surface area contributed by atoms with Gasteiger partial charge in [-0.1, -0.05) is 166 Å². The number of carbonyl (C=O) groups excluding carboxylic acids is 3. The maximum absolute atomic E-state index is 12.6. The lowest BCUT2D eigenvalue weighted by Gasteiger charge is -2.18. The lowest BCUT2D eigenvalue weighted by molar-refractivity contribution is -0.167. The van der Waals surface area contributed by atoms with Crippen LogP contribution < -0.4 is 0 Å². The minimum atomic E-state index is -0.785. The van der Waals surface area contributed by atoms with E-state index < -0.39 is 6.10 Å². The molecule has 0 aromatic rings. The van der Waals surface area contributed by atoms with Crippen molar-refractivity contribution in [3.63, 3.8) is 0 Å². The Bertz CT molecular complexity index is 891. The molecule has 0 aromatic heterocycles. The normalized spacial score (nSPS) is 12.3. The SMILES string of the molecule is CC/C=C\C/C=C\CCCCC(=O)OC(COC(=O)CCCCCCC/C=C\CCCCCCCCC)COC(=O)CCCCCCCCCCC. The Morgan fingerprint density at radius 3 is 1.21 bits per heavy atom. The van der Waals surface area contributed by atoms with Gasteiger partial charge in [0.2, 0.25) is 0 Å². The third-order valence-corrected chi connectivity index (χ3v) is 9.38. The number of ether oxygens (including phenoxy) is 3. The van der Waals surface area contributed by atoms with Crippen LogP contribution in [0.4, 0.5) is 0 Å². The molecule has 0 aliphatic carbocycles. The molecule has 0 spiro atoms. The summed E-state index contributed by atoms with van der Waals surface area (Å²) in [6.45, 7) is 6.44. The second-order valence-electron chi connectivity index (χ2n) is 14.6. The monoisotopic (exact) mass is 731 g/mol. The molecule has 0 bridgehead atoms. The van der Waals surface area contributed by atoms with E-state index in [0.29, 0.717) is 19.3 Å².